The van der Waals surface area contributed by atoms with E-state index in [1.54, 1.807) is 0 Å². The second-order valence-electron chi connectivity index (χ2n) is 5.44. The van der Waals surface area contributed by atoms with E-state index in [2.05, 4.69) is 50.4 Å². The van der Waals surface area contributed by atoms with Crippen molar-refractivity contribution in [1.82, 2.24) is 5.32 Å². The van der Waals surface area contributed by atoms with Gasteiger partial charge in [-0.3, -0.25) is 0 Å². The number of aryl methyl sites for hydroxylation is 1. The largest absolute Gasteiger partial charge is 0.394 e. The molecule has 3 heteroatoms. The summed E-state index contributed by atoms with van der Waals surface area (Å²) >= 11 is 1.94. The molecule has 0 fully saturated rings. The Labute approximate surface area is 122 Å². The van der Waals surface area contributed by atoms with Crippen LogP contribution in [0.5, 0.6) is 0 Å². The number of aliphatic hydroxyl groups is 1. The number of hydrogen-bond donors (Lipinski definition) is 2. The van der Waals surface area contributed by atoms with Crippen LogP contribution in [0.3, 0.4) is 0 Å². The first-order valence-electron chi connectivity index (χ1n) is 7.09. The molecule has 1 rings (SSSR count). The third kappa shape index (κ3) is 6.46. The monoisotopic (exact) mass is 281 g/mol. The number of benzene rings is 1. The van der Waals surface area contributed by atoms with Crippen LogP contribution in [0.25, 0.3) is 0 Å². The minimum atomic E-state index is -0.129. The molecule has 19 heavy (non-hydrogen) atoms. The molecular formula is C16H27NOS. The number of aliphatic hydroxyl groups excluding tert-OH is 1. The Bertz CT molecular complexity index is 370. The molecule has 0 amide bonds. The Morgan fingerprint density at radius 2 is 2.16 bits per heavy atom. The second kappa shape index (κ2) is 8.62. The van der Waals surface area contributed by atoms with E-state index in [0.29, 0.717) is 0 Å². The average Bonchev–Trinajstić information content (AvgIpc) is 2.42. The Kier molecular flexibility index (Phi) is 7.51. The maximum absolute atomic E-state index is 9.49. The van der Waals surface area contributed by atoms with Gasteiger partial charge in [-0.05, 0) is 44.6 Å². The Morgan fingerprint density at radius 3 is 2.79 bits per heavy atom. The van der Waals surface area contributed by atoms with Gasteiger partial charge in [0.1, 0.15) is 0 Å². The number of nitrogens with one attached hydrogen (secondary N) is 1. The maximum atomic E-state index is 9.49. The maximum Gasteiger partial charge on any atom is 0.0610 e. The lowest BCUT2D eigenvalue weighted by molar-refractivity contribution is 0.171. The van der Waals surface area contributed by atoms with Crippen molar-refractivity contribution in [2.24, 2.45) is 0 Å². The molecular weight excluding hydrogens is 254 g/mol. The van der Waals surface area contributed by atoms with E-state index in [-0.39, 0.29) is 12.1 Å². The van der Waals surface area contributed by atoms with Crippen molar-refractivity contribution in [3.63, 3.8) is 0 Å². The summed E-state index contributed by atoms with van der Waals surface area (Å²) in [6.07, 6.45) is 2.10. The highest BCUT2D eigenvalue weighted by molar-refractivity contribution is 7.98. The molecule has 108 valence electrons. The first-order chi connectivity index (χ1) is 9.09. The fourth-order valence-electron chi connectivity index (χ4n) is 1.94. The highest BCUT2D eigenvalue weighted by Gasteiger charge is 2.21. The standard InChI is InChI=1S/C16H27NOS/c1-4-9-17-16(3,13-18)8-10-19-12-15-7-5-6-14(2)11-15/h5-7,11,17-18H,4,8-10,12-13H2,1-3H3. The van der Waals surface area contributed by atoms with Gasteiger partial charge < -0.3 is 10.4 Å². The molecule has 1 atom stereocenters. The van der Waals surface area contributed by atoms with Crippen molar-refractivity contribution in [1.29, 1.82) is 0 Å². The molecule has 0 bridgehead atoms. The van der Waals surface area contributed by atoms with Crippen LogP contribution in [0, 0.1) is 6.92 Å². The van der Waals surface area contributed by atoms with Gasteiger partial charge in [0, 0.05) is 11.3 Å². The van der Waals surface area contributed by atoms with Crippen LogP contribution in [0.1, 0.15) is 37.8 Å². The van der Waals surface area contributed by atoms with Crippen molar-refractivity contribution in [3.8, 4) is 0 Å². The SMILES string of the molecule is CCCNC(C)(CO)CCSCc1cccc(C)c1. The van der Waals surface area contributed by atoms with Gasteiger partial charge in [-0.25, -0.2) is 0 Å². The summed E-state index contributed by atoms with van der Waals surface area (Å²) in [5.74, 6) is 2.12. The minimum absolute atomic E-state index is 0.129. The van der Waals surface area contributed by atoms with Gasteiger partial charge in [0.2, 0.25) is 0 Å². The van der Waals surface area contributed by atoms with Crippen molar-refractivity contribution >= 4 is 11.8 Å². The summed E-state index contributed by atoms with van der Waals surface area (Å²) in [6.45, 7) is 7.57. The zero-order valence-corrected chi connectivity index (χ0v) is 13.2. The van der Waals surface area contributed by atoms with Gasteiger partial charge in [0.25, 0.3) is 0 Å². The first-order valence-corrected chi connectivity index (χ1v) is 8.24. The summed E-state index contributed by atoms with van der Waals surface area (Å²) in [5, 5.41) is 12.9. The summed E-state index contributed by atoms with van der Waals surface area (Å²) < 4.78 is 0. The van der Waals surface area contributed by atoms with Gasteiger partial charge in [-0.2, -0.15) is 11.8 Å². The van der Waals surface area contributed by atoms with E-state index in [0.717, 1.165) is 30.9 Å². The van der Waals surface area contributed by atoms with Crippen LogP contribution in [-0.4, -0.2) is 29.5 Å². The van der Waals surface area contributed by atoms with Gasteiger partial charge in [-0.15, -0.1) is 0 Å². The van der Waals surface area contributed by atoms with E-state index >= 15 is 0 Å². The smallest absolute Gasteiger partial charge is 0.0610 e. The topological polar surface area (TPSA) is 32.3 Å². The molecule has 0 aliphatic rings. The zero-order chi connectivity index (χ0) is 14.1. The van der Waals surface area contributed by atoms with Gasteiger partial charge in [0.05, 0.1) is 6.61 Å². The molecule has 0 aromatic heterocycles. The summed E-state index contributed by atoms with van der Waals surface area (Å²) in [5.41, 5.74) is 2.58. The molecule has 0 saturated carbocycles. The van der Waals surface area contributed by atoms with Gasteiger partial charge >= 0.3 is 0 Å². The minimum Gasteiger partial charge on any atom is -0.394 e. The van der Waals surface area contributed by atoms with Crippen molar-refractivity contribution in [2.75, 3.05) is 18.9 Å². The summed E-state index contributed by atoms with van der Waals surface area (Å²) in [4.78, 5) is 0. The van der Waals surface area contributed by atoms with E-state index < -0.39 is 0 Å². The molecule has 1 unspecified atom stereocenters. The van der Waals surface area contributed by atoms with E-state index in [1.165, 1.54) is 11.1 Å². The number of hydrogen-bond acceptors (Lipinski definition) is 3. The molecule has 1 aromatic rings. The molecule has 0 saturated heterocycles. The third-order valence-corrected chi connectivity index (χ3v) is 4.33. The quantitative estimate of drug-likeness (QED) is 0.681. The van der Waals surface area contributed by atoms with Gasteiger partial charge in [0.15, 0.2) is 0 Å². The van der Waals surface area contributed by atoms with Crippen molar-refractivity contribution in [2.45, 2.75) is 44.9 Å². The third-order valence-electron chi connectivity index (χ3n) is 3.30. The molecule has 0 spiro atoms. The average molecular weight is 281 g/mol. The van der Waals surface area contributed by atoms with Crippen LogP contribution in [0.15, 0.2) is 24.3 Å². The number of thioether (sulfide) groups is 1. The van der Waals surface area contributed by atoms with E-state index in [9.17, 15) is 5.11 Å². The lowest BCUT2D eigenvalue weighted by atomic mass is 10.0. The lowest BCUT2D eigenvalue weighted by Gasteiger charge is -2.28. The molecule has 1 aromatic carbocycles. The Balaban J connectivity index is 2.29. The van der Waals surface area contributed by atoms with Crippen LogP contribution in [0.2, 0.25) is 0 Å². The molecule has 0 aliphatic heterocycles. The highest BCUT2D eigenvalue weighted by Crippen LogP contribution is 2.18. The van der Waals surface area contributed by atoms with Crippen LogP contribution in [-0.2, 0) is 5.75 Å². The summed E-state index contributed by atoms with van der Waals surface area (Å²) in [6, 6.07) is 8.67. The molecule has 0 aliphatic carbocycles. The normalized spacial score (nSPS) is 14.3. The molecule has 0 radical (unpaired) electrons. The molecule has 0 heterocycles. The van der Waals surface area contributed by atoms with Crippen molar-refractivity contribution < 1.29 is 5.11 Å². The number of rotatable bonds is 9. The lowest BCUT2D eigenvalue weighted by Crippen LogP contribution is -2.46. The fourth-order valence-corrected chi connectivity index (χ4v) is 3.09. The molecule has 2 nitrogen and oxygen atoms in total. The molecule has 2 N–H and O–H groups in total. The predicted octanol–water partition coefficient (Wildman–Crippen LogP) is 3.37. The highest BCUT2D eigenvalue weighted by atomic mass is 32.2. The van der Waals surface area contributed by atoms with Crippen LogP contribution < -0.4 is 5.32 Å². The zero-order valence-electron chi connectivity index (χ0n) is 12.4. The first kappa shape index (κ1) is 16.5. The predicted molar refractivity (Wildman–Crippen MR) is 85.7 cm³/mol. The van der Waals surface area contributed by atoms with E-state index in [4.69, 9.17) is 0 Å². The van der Waals surface area contributed by atoms with Crippen molar-refractivity contribution in [3.05, 3.63) is 35.4 Å². The van der Waals surface area contributed by atoms with E-state index in [1.807, 2.05) is 11.8 Å². The summed E-state index contributed by atoms with van der Waals surface area (Å²) in [7, 11) is 0. The van der Waals surface area contributed by atoms with Crippen LogP contribution >= 0.6 is 11.8 Å². The fraction of sp³-hybridized carbons (Fsp3) is 0.625. The Hall–Kier alpha value is -0.510. The van der Waals surface area contributed by atoms with Crippen LogP contribution in [0.4, 0.5) is 0 Å². The Morgan fingerprint density at radius 1 is 1.37 bits per heavy atom. The van der Waals surface area contributed by atoms with Gasteiger partial charge in [-0.1, -0.05) is 36.8 Å². The second-order valence-corrected chi connectivity index (χ2v) is 6.54.